The Morgan fingerprint density at radius 3 is 2.38 bits per heavy atom. The second-order valence-corrected chi connectivity index (χ2v) is 6.77. The molecule has 0 atom stereocenters. The molecule has 2 aromatic rings. The summed E-state index contributed by atoms with van der Waals surface area (Å²) in [6.45, 7) is 4.42. The van der Waals surface area contributed by atoms with E-state index < -0.39 is 16.0 Å². The van der Waals surface area contributed by atoms with E-state index in [4.69, 9.17) is 9.47 Å². The molecule has 8 heteroatoms. The maximum absolute atomic E-state index is 12.9. The van der Waals surface area contributed by atoms with Crippen LogP contribution in [0.5, 0.6) is 11.5 Å². The second-order valence-electron chi connectivity index (χ2n) is 5.12. The highest BCUT2D eigenvalue weighted by Gasteiger charge is 2.24. The standard InChI is InChI=1S/C18H21NO6S/c1-4-24-13-10-11-16(25-5-2)15(12-13)19-26(21,22)17-9-7-6-8-14(17)18(20)23-3/h6-12,19H,4-5H2,1-3H3. The summed E-state index contributed by atoms with van der Waals surface area (Å²) in [5.41, 5.74) is 0.166. The molecule has 0 heterocycles. The molecule has 26 heavy (non-hydrogen) atoms. The predicted molar refractivity (Wildman–Crippen MR) is 97.4 cm³/mol. The maximum Gasteiger partial charge on any atom is 0.339 e. The van der Waals surface area contributed by atoms with Crippen LogP contribution in [0.25, 0.3) is 0 Å². The molecule has 0 radical (unpaired) electrons. The second kappa shape index (κ2) is 8.57. The summed E-state index contributed by atoms with van der Waals surface area (Å²) in [5.74, 6) is 0.115. The van der Waals surface area contributed by atoms with Gasteiger partial charge in [0.05, 0.1) is 31.6 Å². The molecule has 0 aliphatic heterocycles. The fourth-order valence-electron chi connectivity index (χ4n) is 2.31. The Balaban J connectivity index is 2.47. The summed E-state index contributed by atoms with van der Waals surface area (Å²) in [6.07, 6.45) is 0. The molecule has 0 fully saturated rings. The van der Waals surface area contributed by atoms with Crippen molar-refractivity contribution in [3.8, 4) is 11.5 Å². The minimum Gasteiger partial charge on any atom is -0.494 e. The smallest absolute Gasteiger partial charge is 0.339 e. The molecular formula is C18H21NO6S. The average Bonchev–Trinajstić information content (AvgIpc) is 2.63. The van der Waals surface area contributed by atoms with Gasteiger partial charge < -0.3 is 14.2 Å². The van der Waals surface area contributed by atoms with Gasteiger partial charge >= 0.3 is 5.97 Å². The first-order valence-corrected chi connectivity index (χ1v) is 9.51. The van der Waals surface area contributed by atoms with Crippen LogP contribution in [0.4, 0.5) is 5.69 Å². The fraction of sp³-hybridized carbons (Fsp3) is 0.278. The van der Waals surface area contributed by atoms with Crippen molar-refractivity contribution in [2.24, 2.45) is 0 Å². The Hall–Kier alpha value is -2.74. The number of nitrogens with one attached hydrogen (secondary N) is 1. The van der Waals surface area contributed by atoms with Crippen molar-refractivity contribution < 1.29 is 27.4 Å². The van der Waals surface area contributed by atoms with E-state index >= 15 is 0 Å². The monoisotopic (exact) mass is 379 g/mol. The Bertz CT molecular complexity index is 879. The third-order valence-corrected chi connectivity index (χ3v) is 4.81. The number of ether oxygens (including phenoxy) is 3. The van der Waals surface area contributed by atoms with Gasteiger partial charge in [0.1, 0.15) is 16.4 Å². The van der Waals surface area contributed by atoms with Crippen LogP contribution >= 0.6 is 0 Å². The Morgan fingerprint density at radius 1 is 1.04 bits per heavy atom. The Labute approximate surface area is 152 Å². The fourth-order valence-corrected chi connectivity index (χ4v) is 3.56. The van der Waals surface area contributed by atoms with Gasteiger partial charge in [0, 0.05) is 6.07 Å². The van der Waals surface area contributed by atoms with Crippen molar-refractivity contribution in [3.05, 3.63) is 48.0 Å². The molecule has 2 rings (SSSR count). The highest BCUT2D eigenvalue weighted by Crippen LogP contribution is 2.32. The first-order chi connectivity index (χ1) is 12.4. The van der Waals surface area contributed by atoms with E-state index in [-0.39, 0.29) is 16.1 Å². The number of benzene rings is 2. The van der Waals surface area contributed by atoms with Gasteiger partial charge in [0.25, 0.3) is 10.0 Å². The molecule has 0 unspecified atom stereocenters. The predicted octanol–water partition coefficient (Wildman–Crippen LogP) is 3.07. The number of hydrogen-bond donors (Lipinski definition) is 1. The van der Waals surface area contributed by atoms with Gasteiger partial charge in [0.2, 0.25) is 0 Å². The number of carbonyl (C=O) groups excluding carboxylic acids is 1. The molecule has 1 N–H and O–H groups in total. The zero-order valence-corrected chi connectivity index (χ0v) is 15.6. The zero-order chi connectivity index (χ0) is 19.2. The van der Waals surface area contributed by atoms with Crippen LogP contribution in [-0.4, -0.2) is 34.7 Å². The van der Waals surface area contributed by atoms with E-state index in [0.717, 1.165) is 0 Å². The first kappa shape index (κ1) is 19.6. The number of methoxy groups -OCH3 is 1. The van der Waals surface area contributed by atoms with Gasteiger partial charge in [-0.25, -0.2) is 13.2 Å². The summed E-state index contributed by atoms with van der Waals surface area (Å²) < 4.78 is 43.7. The van der Waals surface area contributed by atoms with Crippen LogP contribution in [0, 0.1) is 0 Å². The van der Waals surface area contributed by atoms with Crippen LogP contribution in [0.1, 0.15) is 24.2 Å². The van der Waals surface area contributed by atoms with Crippen LogP contribution in [0.3, 0.4) is 0 Å². The number of sulfonamides is 1. The lowest BCUT2D eigenvalue weighted by atomic mass is 10.2. The quantitative estimate of drug-likeness (QED) is 0.709. The van der Waals surface area contributed by atoms with E-state index in [1.54, 1.807) is 25.1 Å². The van der Waals surface area contributed by atoms with Crippen LogP contribution in [0.15, 0.2) is 47.4 Å². The molecule has 7 nitrogen and oxygen atoms in total. The minimum absolute atomic E-state index is 0.0542. The molecule has 0 saturated heterocycles. The zero-order valence-electron chi connectivity index (χ0n) is 14.8. The van der Waals surface area contributed by atoms with Crippen molar-refractivity contribution in [1.29, 1.82) is 0 Å². The lowest BCUT2D eigenvalue weighted by Gasteiger charge is -2.15. The highest BCUT2D eigenvalue weighted by molar-refractivity contribution is 7.92. The number of anilines is 1. The van der Waals surface area contributed by atoms with E-state index in [9.17, 15) is 13.2 Å². The van der Waals surface area contributed by atoms with E-state index in [1.807, 2.05) is 6.92 Å². The van der Waals surface area contributed by atoms with Crippen LogP contribution < -0.4 is 14.2 Å². The molecule has 0 amide bonds. The summed E-state index contributed by atoms with van der Waals surface area (Å²) in [4.78, 5) is 11.7. The topological polar surface area (TPSA) is 90.9 Å². The molecule has 2 aromatic carbocycles. The number of hydrogen-bond acceptors (Lipinski definition) is 6. The lowest BCUT2D eigenvalue weighted by Crippen LogP contribution is -2.18. The van der Waals surface area contributed by atoms with Crippen molar-refractivity contribution in [2.45, 2.75) is 18.7 Å². The third-order valence-electron chi connectivity index (χ3n) is 3.39. The average molecular weight is 379 g/mol. The number of carbonyl (C=O) groups is 1. The molecule has 0 spiro atoms. The van der Waals surface area contributed by atoms with Crippen LogP contribution in [-0.2, 0) is 14.8 Å². The van der Waals surface area contributed by atoms with E-state index in [0.29, 0.717) is 24.7 Å². The van der Waals surface area contributed by atoms with E-state index in [1.165, 1.54) is 31.4 Å². The van der Waals surface area contributed by atoms with Crippen LogP contribution in [0.2, 0.25) is 0 Å². The molecule has 0 aromatic heterocycles. The summed E-state index contributed by atoms with van der Waals surface area (Å²) in [6, 6.07) is 10.7. The third kappa shape index (κ3) is 4.45. The normalized spacial score (nSPS) is 10.9. The van der Waals surface area contributed by atoms with Crippen molar-refractivity contribution >= 4 is 21.7 Å². The highest BCUT2D eigenvalue weighted by atomic mass is 32.2. The molecule has 0 bridgehead atoms. The molecule has 0 aliphatic carbocycles. The van der Waals surface area contributed by atoms with Gasteiger partial charge in [0.15, 0.2) is 0 Å². The number of esters is 1. The maximum atomic E-state index is 12.9. The Morgan fingerprint density at radius 2 is 1.73 bits per heavy atom. The van der Waals surface area contributed by atoms with Crippen molar-refractivity contribution in [3.63, 3.8) is 0 Å². The summed E-state index contributed by atoms with van der Waals surface area (Å²) in [5, 5.41) is 0. The Kier molecular flexibility index (Phi) is 6.46. The largest absolute Gasteiger partial charge is 0.494 e. The first-order valence-electron chi connectivity index (χ1n) is 8.02. The van der Waals surface area contributed by atoms with Gasteiger partial charge in [-0.3, -0.25) is 4.72 Å². The van der Waals surface area contributed by atoms with Gasteiger partial charge in [-0.05, 0) is 38.1 Å². The molecule has 140 valence electrons. The number of rotatable bonds is 8. The van der Waals surface area contributed by atoms with Gasteiger partial charge in [-0.2, -0.15) is 0 Å². The molecule has 0 saturated carbocycles. The molecule has 0 aliphatic rings. The summed E-state index contributed by atoms with van der Waals surface area (Å²) in [7, 11) is -2.87. The van der Waals surface area contributed by atoms with Crippen molar-refractivity contribution in [1.82, 2.24) is 0 Å². The SMILES string of the molecule is CCOc1ccc(OCC)c(NS(=O)(=O)c2ccccc2C(=O)OC)c1. The van der Waals surface area contributed by atoms with Gasteiger partial charge in [-0.15, -0.1) is 0 Å². The lowest BCUT2D eigenvalue weighted by molar-refractivity contribution is 0.0596. The van der Waals surface area contributed by atoms with Crippen molar-refractivity contribution in [2.75, 3.05) is 25.0 Å². The summed E-state index contributed by atoms with van der Waals surface area (Å²) >= 11 is 0. The minimum atomic E-state index is -4.06. The van der Waals surface area contributed by atoms with E-state index in [2.05, 4.69) is 9.46 Å². The van der Waals surface area contributed by atoms with Gasteiger partial charge in [-0.1, -0.05) is 12.1 Å². The molecular weight excluding hydrogens is 358 g/mol.